The van der Waals surface area contributed by atoms with E-state index in [1.807, 2.05) is 13.8 Å². The fourth-order valence-electron chi connectivity index (χ4n) is 6.62. The van der Waals surface area contributed by atoms with Crippen molar-refractivity contribution in [2.24, 2.45) is 17.6 Å². The van der Waals surface area contributed by atoms with E-state index in [0.29, 0.717) is 36.0 Å². The zero-order chi connectivity index (χ0) is 38.2. The molecule has 2 amide bonds. The molecule has 4 atom stereocenters. The fourth-order valence-corrected chi connectivity index (χ4v) is 8.28. The van der Waals surface area contributed by atoms with Gasteiger partial charge in [0.05, 0.1) is 30.8 Å². The molecule has 0 heterocycles. The average molecular weight is 744 g/mol. The van der Waals surface area contributed by atoms with Crippen molar-refractivity contribution in [3.8, 4) is 0 Å². The predicted octanol–water partition coefficient (Wildman–Crippen LogP) is 6.12. The molecule has 4 N–H and O–H groups in total. The molecular formula is C39H51F2N3O7S. The van der Waals surface area contributed by atoms with Crippen molar-refractivity contribution >= 4 is 22.0 Å². The zero-order valence-corrected chi connectivity index (χ0v) is 31.0. The highest BCUT2D eigenvalue weighted by atomic mass is 32.2. The summed E-state index contributed by atoms with van der Waals surface area (Å²) in [6, 6.07) is 14.2. The first-order chi connectivity index (χ1) is 24.7. The summed E-state index contributed by atoms with van der Waals surface area (Å²) in [5.41, 5.74) is 8.24. The fraction of sp³-hybridized carbons (Fsp3) is 0.487. The maximum Gasteiger partial charge on any atom is 0.416 e. The first-order valence-electron chi connectivity index (χ1n) is 17.8. The highest BCUT2D eigenvalue weighted by Gasteiger charge is 2.44. The standard InChI is InChI=1S/C39H51F2N3O7S/c1-25(2)22-23-43(52(49,50)34-20-14-27(15-21-34)26(3)46)33(24-45)6-5-7-35(28-8-9-28)44(39(48)51-4)38(47)37(42)36(29-10-16-31(40)17-11-29)30-12-18-32(41)19-13-30/h10-21,25-26,28,33,35-37,45-46H,5-9,22-24,42H2,1-4H3/t26-,33-,35+,37-/m0/s1. The second-order valence-electron chi connectivity index (χ2n) is 14.0. The van der Waals surface area contributed by atoms with Crippen molar-refractivity contribution in [1.82, 2.24) is 9.21 Å². The second-order valence-corrected chi connectivity index (χ2v) is 15.9. The van der Waals surface area contributed by atoms with Crippen LogP contribution in [0.25, 0.3) is 0 Å². The Hall–Kier alpha value is -3.75. The Kier molecular flexibility index (Phi) is 14.5. The second kappa shape index (κ2) is 18.3. The molecule has 1 saturated carbocycles. The zero-order valence-electron chi connectivity index (χ0n) is 30.2. The van der Waals surface area contributed by atoms with E-state index in [-0.39, 0.29) is 29.7 Å². The molecule has 0 radical (unpaired) electrons. The van der Waals surface area contributed by atoms with Gasteiger partial charge in [-0.1, -0.05) is 50.2 Å². The molecule has 0 saturated heterocycles. The number of carbonyl (C=O) groups excluding carboxylic acids is 2. The number of nitrogens with two attached hydrogens (primary N) is 1. The van der Waals surface area contributed by atoms with E-state index in [2.05, 4.69) is 0 Å². The molecule has 10 nitrogen and oxygen atoms in total. The molecule has 0 aliphatic heterocycles. The number of aliphatic hydroxyl groups is 2. The summed E-state index contributed by atoms with van der Waals surface area (Å²) in [5, 5.41) is 20.5. The predicted molar refractivity (Wildman–Crippen MR) is 194 cm³/mol. The minimum absolute atomic E-state index is 0.0360. The summed E-state index contributed by atoms with van der Waals surface area (Å²) in [5.74, 6) is -2.40. The number of imide groups is 1. The lowest BCUT2D eigenvalue weighted by Crippen LogP contribution is -2.54. The number of benzene rings is 3. The maximum absolute atomic E-state index is 14.3. The number of rotatable bonds is 18. The monoisotopic (exact) mass is 743 g/mol. The van der Waals surface area contributed by atoms with Gasteiger partial charge in [0, 0.05) is 24.5 Å². The van der Waals surface area contributed by atoms with Gasteiger partial charge >= 0.3 is 6.09 Å². The van der Waals surface area contributed by atoms with E-state index in [4.69, 9.17) is 10.5 Å². The quantitative estimate of drug-likeness (QED) is 0.141. The van der Waals surface area contributed by atoms with Crippen LogP contribution in [0.3, 0.4) is 0 Å². The topological polar surface area (TPSA) is 150 Å². The van der Waals surface area contributed by atoms with Gasteiger partial charge in [0.15, 0.2) is 0 Å². The maximum atomic E-state index is 14.3. The van der Waals surface area contributed by atoms with Crippen LogP contribution in [-0.4, -0.2) is 78.2 Å². The molecule has 3 aromatic rings. The van der Waals surface area contributed by atoms with Gasteiger partial charge < -0.3 is 20.7 Å². The molecule has 13 heteroatoms. The lowest BCUT2D eigenvalue weighted by Gasteiger charge is -2.34. The van der Waals surface area contributed by atoms with Crippen LogP contribution in [0.15, 0.2) is 77.7 Å². The van der Waals surface area contributed by atoms with Crippen molar-refractivity contribution in [3.63, 3.8) is 0 Å². The van der Waals surface area contributed by atoms with E-state index in [1.165, 1.54) is 72.1 Å². The van der Waals surface area contributed by atoms with Gasteiger partial charge in [-0.3, -0.25) is 4.79 Å². The van der Waals surface area contributed by atoms with E-state index in [0.717, 1.165) is 17.7 Å². The minimum Gasteiger partial charge on any atom is -0.452 e. The molecule has 1 aliphatic carbocycles. The summed E-state index contributed by atoms with van der Waals surface area (Å²) in [6.07, 6.45) is 1.30. The van der Waals surface area contributed by atoms with Crippen molar-refractivity contribution in [2.75, 3.05) is 20.3 Å². The lowest BCUT2D eigenvalue weighted by molar-refractivity contribution is -0.133. The summed E-state index contributed by atoms with van der Waals surface area (Å²) in [6.45, 7) is 5.28. The van der Waals surface area contributed by atoms with Crippen LogP contribution >= 0.6 is 0 Å². The van der Waals surface area contributed by atoms with E-state index < -0.39 is 70.4 Å². The van der Waals surface area contributed by atoms with Gasteiger partial charge in [-0.15, -0.1) is 0 Å². The number of aliphatic hydroxyl groups excluding tert-OH is 2. The molecular weight excluding hydrogens is 693 g/mol. The highest BCUT2D eigenvalue weighted by molar-refractivity contribution is 7.89. The van der Waals surface area contributed by atoms with E-state index in [9.17, 15) is 37.0 Å². The van der Waals surface area contributed by atoms with Crippen molar-refractivity contribution in [1.29, 1.82) is 0 Å². The number of sulfonamides is 1. The molecule has 0 unspecified atom stereocenters. The number of ether oxygens (including phenoxy) is 1. The van der Waals surface area contributed by atoms with E-state index in [1.54, 1.807) is 19.1 Å². The number of hydrogen-bond acceptors (Lipinski definition) is 8. The third kappa shape index (κ3) is 10.2. The van der Waals surface area contributed by atoms with Crippen LogP contribution in [0.5, 0.6) is 0 Å². The summed E-state index contributed by atoms with van der Waals surface area (Å²) in [7, 11) is -2.87. The molecule has 0 bridgehead atoms. The average Bonchev–Trinajstić information content (AvgIpc) is 3.97. The number of amides is 2. The highest BCUT2D eigenvalue weighted by Crippen LogP contribution is 2.39. The smallest absolute Gasteiger partial charge is 0.416 e. The Morgan fingerprint density at radius 3 is 1.83 bits per heavy atom. The van der Waals surface area contributed by atoms with Gasteiger partial charge in [-0.2, -0.15) is 4.31 Å². The first kappa shape index (κ1) is 41.0. The lowest BCUT2D eigenvalue weighted by atomic mass is 9.84. The molecule has 1 fully saturated rings. The first-order valence-corrected chi connectivity index (χ1v) is 19.2. The van der Waals surface area contributed by atoms with Crippen molar-refractivity contribution in [2.45, 2.75) is 94.3 Å². The SMILES string of the molecule is COC(=O)N(C(=O)[C@@H](N)C(c1ccc(F)cc1)c1ccc(F)cc1)[C@H](CCC[C@@H](CO)N(CCC(C)C)S(=O)(=O)c1ccc([C@H](C)O)cc1)C1CC1. The Labute approximate surface area is 305 Å². The van der Waals surface area contributed by atoms with Crippen LogP contribution in [-0.2, 0) is 19.6 Å². The Morgan fingerprint density at radius 2 is 1.38 bits per heavy atom. The summed E-state index contributed by atoms with van der Waals surface area (Å²) >= 11 is 0. The third-order valence-corrected chi connectivity index (χ3v) is 11.7. The van der Waals surface area contributed by atoms with Crippen LogP contribution < -0.4 is 5.73 Å². The van der Waals surface area contributed by atoms with Crippen molar-refractivity contribution in [3.05, 3.63) is 101 Å². The van der Waals surface area contributed by atoms with Crippen LogP contribution in [0.4, 0.5) is 13.6 Å². The third-order valence-electron chi connectivity index (χ3n) is 9.76. The summed E-state index contributed by atoms with van der Waals surface area (Å²) < 4.78 is 62.1. The molecule has 0 spiro atoms. The molecule has 1 aliphatic rings. The molecule has 284 valence electrons. The van der Waals surface area contributed by atoms with Gasteiger partial charge in [0.1, 0.15) is 11.6 Å². The van der Waals surface area contributed by atoms with Crippen LogP contribution in [0.2, 0.25) is 0 Å². The normalized spacial score (nSPS) is 15.8. The van der Waals surface area contributed by atoms with Gasteiger partial charge in [0.2, 0.25) is 15.9 Å². The molecule has 4 rings (SSSR count). The van der Waals surface area contributed by atoms with Crippen molar-refractivity contribution < 1.29 is 41.7 Å². The Morgan fingerprint density at radius 1 is 0.865 bits per heavy atom. The minimum atomic E-state index is -4.04. The number of nitrogens with zero attached hydrogens (tertiary/aromatic N) is 2. The van der Waals surface area contributed by atoms with Gasteiger partial charge in [-0.05, 0) is 110 Å². The van der Waals surface area contributed by atoms with Crippen LogP contribution in [0.1, 0.15) is 88.0 Å². The van der Waals surface area contributed by atoms with Gasteiger partial charge in [0.25, 0.3) is 0 Å². The molecule has 52 heavy (non-hydrogen) atoms. The van der Waals surface area contributed by atoms with E-state index >= 15 is 0 Å². The largest absolute Gasteiger partial charge is 0.452 e. The number of halogens is 2. The number of carbonyl (C=O) groups is 2. The van der Waals surface area contributed by atoms with Gasteiger partial charge in [-0.25, -0.2) is 26.9 Å². The summed E-state index contributed by atoms with van der Waals surface area (Å²) in [4.78, 5) is 28.8. The van der Waals surface area contributed by atoms with Crippen LogP contribution in [0, 0.1) is 23.5 Å². The molecule has 3 aromatic carbocycles. The number of methoxy groups -OCH3 is 1. The number of hydrogen-bond donors (Lipinski definition) is 3. The Bertz CT molecular complexity index is 1670. The molecule has 0 aromatic heterocycles. The Balaban J connectivity index is 1.59.